The van der Waals surface area contributed by atoms with Gasteiger partial charge in [-0.3, -0.25) is 5.43 Å². The van der Waals surface area contributed by atoms with Crippen LogP contribution in [0.2, 0.25) is 0 Å². The van der Waals surface area contributed by atoms with Crippen LogP contribution in [0.4, 0.5) is 8.78 Å². The fourth-order valence-corrected chi connectivity index (χ4v) is 1.28. The van der Waals surface area contributed by atoms with Crippen molar-refractivity contribution in [3.8, 4) is 0 Å². The maximum atomic E-state index is 13.2. The maximum absolute atomic E-state index is 13.2. The van der Waals surface area contributed by atoms with Crippen LogP contribution < -0.4 is 11.2 Å². The Bertz CT molecular complexity index is 423. The lowest BCUT2D eigenvalue weighted by molar-refractivity contribution is 0.506. The molecule has 0 unspecified atom stereocenters. The standard InChI is InChI=1S/C8H6BrF2N3S/c9-5-1-2-6(10)7(11)4(5)3-13-14-8(12)15/h1-3H,(H3,12,14,15). The van der Waals surface area contributed by atoms with Crippen LogP contribution in [0.5, 0.6) is 0 Å². The molecule has 0 aromatic heterocycles. The van der Waals surface area contributed by atoms with Crippen LogP contribution in [0, 0.1) is 11.6 Å². The molecular weight excluding hydrogens is 288 g/mol. The highest BCUT2D eigenvalue weighted by atomic mass is 79.9. The zero-order valence-corrected chi connectivity index (χ0v) is 9.70. The van der Waals surface area contributed by atoms with Gasteiger partial charge in [0.05, 0.1) is 6.21 Å². The fraction of sp³-hybridized carbons (Fsp3) is 0. The van der Waals surface area contributed by atoms with Gasteiger partial charge < -0.3 is 5.73 Å². The van der Waals surface area contributed by atoms with E-state index in [1.165, 1.54) is 6.07 Å². The van der Waals surface area contributed by atoms with E-state index in [2.05, 4.69) is 38.7 Å². The van der Waals surface area contributed by atoms with Crippen molar-refractivity contribution >= 4 is 39.5 Å². The maximum Gasteiger partial charge on any atom is 0.184 e. The summed E-state index contributed by atoms with van der Waals surface area (Å²) >= 11 is 7.53. The smallest absolute Gasteiger partial charge is 0.184 e. The lowest BCUT2D eigenvalue weighted by Crippen LogP contribution is -2.24. The largest absolute Gasteiger partial charge is 0.375 e. The van der Waals surface area contributed by atoms with Gasteiger partial charge in [0.2, 0.25) is 0 Å². The Morgan fingerprint density at radius 3 is 2.80 bits per heavy atom. The lowest BCUT2D eigenvalue weighted by atomic mass is 10.2. The molecule has 0 fully saturated rings. The summed E-state index contributed by atoms with van der Waals surface area (Å²) in [6.07, 6.45) is 1.08. The van der Waals surface area contributed by atoms with E-state index in [0.717, 1.165) is 12.3 Å². The summed E-state index contributed by atoms with van der Waals surface area (Å²) in [4.78, 5) is 0. The van der Waals surface area contributed by atoms with Gasteiger partial charge in [-0.15, -0.1) is 0 Å². The first-order chi connectivity index (χ1) is 7.02. The van der Waals surface area contributed by atoms with E-state index < -0.39 is 11.6 Å². The molecule has 0 amide bonds. The van der Waals surface area contributed by atoms with Crippen molar-refractivity contribution in [1.29, 1.82) is 0 Å². The van der Waals surface area contributed by atoms with E-state index in [1.54, 1.807) is 0 Å². The summed E-state index contributed by atoms with van der Waals surface area (Å²) < 4.78 is 26.4. The molecule has 0 saturated heterocycles. The van der Waals surface area contributed by atoms with Gasteiger partial charge in [0.1, 0.15) is 0 Å². The molecule has 0 radical (unpaired) electrons. The van der Waals surface area contributed by atoms with Crippen LogP contribution in [0.3, 0.4) is 0 Å². The minimum absolute atomic E-state index is 0.0150. The molecule has 0 heterocycles. The van der Waals surface area contributed by atoms with E-state index in [0.29, 0.717) is 4.47 Å². The highest BCUT2D eigenvalue weighted by Gasteiger charge is 2.09. The van der Waals surface area contributed by atoms with Crippen molar-refractivity contribution in [2.24, 2.45) is 10.8 Å². The molecule has 0 atom stereocenters. The number of rotatable bonds is 2. The van der Waals surface area contributed by atoms with Gasteiger partial charge in [0, 0.05) is 10.0 Å². The van der Waals surface area contributed by atoms with E-state index >= 15 is 0 Å². The summed E-state index contributed by atoms with van der Waals surface area (Å²) in [6, 6.07) is 2.39. The van der Waals surface area contributed by atoms with Crippen molar-refractivity contribution in [3.63, 3.8) is 0 Å². The van der Waals surface area contributed by atoms with Crippen LogP contribution in [0.25, 0.3) is 0 Å². The van der Waals surface area contributed by atoms with E-state index in [4.69, 9.17) is 5.73 Å². The number of nitrogens with two attached hydrogens (primary N) is 1. The minimum atomic E-state index is -0.988. The predicted octanol–water partition coefficient (Wildman–Crippen LogP) is 1.89. The van der Waals surface area contributed by atoms with Gasteiger partial charge >= 0.3 is 0 Å². The summed E-state index contributed by atoms with van der Waals surface area (Å²) in [5, 5.41) is 3.47. The number of thiocarbonyl (C=S) groups is 1. The van der Waals surface area contributed by atoms with Gasteiger partial charge in [-0.25, -0.2) is 8.78 Å². The number of hydrazone groups is 1. The molecule has 7 heteroatoms. The molecule has 0 aliphatic rings. The summed E-state index contributed by atoms with van der Waals surface area (Å²) in [7, 11) is 0. The molecular formula is C8H6BrF2N3S. The Kier molecular flexibility index (Phi) is 4.10. The molecule has 15 heavy (non-hydrogen) atoms. The van der Waals surface area contributed by atoms with Crippen molar-refractivity contribution in [1.82, 2.24) is 5.43 Å². The summed E-state index contributed by atoms with van der Waals surface area (Å²) in [5.41, 5.74) is 7.31. The third kappa shape index (κ3) is 3.21. The lowest BCUT2D eigenvalue weighted by Gasteiger charge is -2.01. The second kappa shape index (κ2) is 5.13. The van der Waals surface area contributed by atoms with E-state index in [1.807, 2.05) is 0 Å². The number of nitrogens with zero attached hydrogens (tertiary/aromatic N) is 1. The zero-order valence-electron chi connectivity index (χ0n) is 7.30. The van der Waals surface area contributed by atoms with Crippen LogP contribution in [0.1, 0.15) is 5.56 Å². The number of nitrogens with one attached hydrogen (secondary N) is 1. The monoisotopic (exact) mass is 293 g/mol. The molecule has 3 N–H and O–H groups in total. The molecule has 0 aliphatic heterocycles. The molecule has 0 spiro atoms. The first kappa shape index (κ1) is 12.0. The second-order valence-electron chi connectivity index (χ2n) is 2.49. The minimum Gasteiger partial charge on any atom is -0.375 e. The van der Waals surface area contributed by atoms with Crippen molar-refractivity contribution in [3.05, 3.63) is 33.8 Å². The molecule has 1 aromatic carbocycles. The molecule has 0 saturated carbocycles. The quantitative estimate of drug-likeness (QED) is 0.379. The predicted molar refractivity (Wildman–Crippen MR) is 61.6 cm³/mol. The van der Waals surface area contributed by atoms with Crippen LogP contribution in [-0.2, 0) is 0 Å². The zero-order chi connectivity index (χ0) is 11.4. The first-order valence-electron chi connectivity index (χ1n) is 3.74. The highest BCUT2D eigenvalue weighted by molar-refractivity contribution is 9.10. The molecule has 0 bridgehead atoms. The number of benzene rings is 1. The third-order valence-electron chi connectivity index (χ3n) is 1.45. The summed E-state index contributed by atoms with van der Waals surface area (Å²) in [5.74, 6) is -1.94. The molecule has 80 valence electrons. The average molecular weight is 294 g/mol. The Hall–Kier alpha value is -1.08. The molecule has 1 rings (SSSR count). The second-order valence-corrected chi connectivity index (χ2v) is 3.79. The average Bonchev–Trinajstić information content (AvgIpc) is 2.17. The van der Waals surface area contributed by atoms with Crippen LogP contribution >= 0.6 is 28.1 Å². The van der Waals surface area contributed by atoms with Gasteiger partial charge in [0.25, 0.3) is 0 Å². The van der Waals surface area contributed by atoms with Gasteiger partial charge in [0.15, 0.2) is 16.7 Å². The fourth-order valence-electron chi connectivity index (χ4n) is 0.822. The first-order valence-corrected chi connectivity index (χ1v) is 4.94. The normalized spacial score (nSPS) is 10.6. The Balaban J connectivity index is 2.98. The number of halogens is 3. The van der Waals surface area contributed by atoms with Gasteiger partial charge in [-0.05, 0) is 24.4 Å². The molecule has 0 aliphatic carbocycles. The molecule has 3 nitrogen and oxygen atoms in total. The third-order valence-corrected chi connectivity index (χ3v) is 2.23. The van der Waals surface area contributed by atoms with E-state index in [9.17, 15) is 8.78 Å². The van der Waals surface area contributed by atoms with Gasteiger partial charge in [-0.1, -0.05) is 15.9 Å². The molecule has 1 aromatic rings. The van der Waals surface area contributed by atoms with E-state index in [-0.39, 0.29) is 10.7 Å². The van der Waals surface area contributed by atoms with Crippen molar-refractivity contribution in [2.45, 2.75) is 0 Å². The SMILES string of the molecule is NC(=S)NN=Cc1c(Br)ccc(F)c1F. The highest BCUT2D eigenvalue weighted by Crippen LogP contribution is 2.20. The van der Waals surface area contributed by atoms with Crippen molar-refractivity contribution in [2.75, 3.05) is 0 Å². The summed E-state index contributed by atoms with van der Waals surface area (Å²) in [6.45, 7) is 0. The van der Waals surface area contributed by atoms with Gasteiger partial charge in [-0.2, -0.15) is 5.10 Å². The number of hydrogen-bond acceptors (Lipinski definition) is 2. The van der Waals surface area contributed by atoms with Crippen LogP contribution in [0.15, 0.2) is 21.7 Å². The number of hydrogen-bond donors (Lipinski definition) is 2. The Labute approximate surface area is 98.5 Å². The van der Waals surface area contributed by atoms with Crippen molar-refractivity contribution < 1.29 is 8.78 Å². The topological polar surface area (TPSA) is 50.4 Å². The Morgan fingerprint density at radius 1 is 1.53 bits per heavy atom. The Morgan fingerprint density at radius 2 is 2.20 bits per heavy atom. The van der Waals surface area contributed by atoms with Crippen LogP contribution in [-0.4, -0.2) is 11.3 Å².